The zero-order chi connectivity index (χ0) is 18.5. The second-order valence-electron chi connectivity index (χ2n) is 7.56. The molecule has 1 spiro atoms. The second kappa shape index (κ2) is 6.25. The highest BCUT2D eigenvalue weighted by Gasteiger charge is 2.54. The summed E-state index contributed by atoms with van der Waals surface area (Å²) in [4.78, 5) is 11.1. The van der Waals surface area contributed by atoms with E-state index in [1.54, 1.807) is 22.8 Å². The third-order valence-corrected chi connectivity index (χ3v) is 7.87. The Hall–Kier alpha value is -2.04. The van der Waals surface area contributed by atoms with Gasteiger partial charge in [0.25, 0.3) is 0 Å². The van der Waals surface area contributed by atoms with Crippen molar-refractivity contribution in [2.45, 2.75) is 48.3 Å². The first-order valence-corrected chi connectivity index (χ1v) is 10.7. The molecule has 5 rings (SSSR count). The first-order chi connectivity index (χ1) is 13.1. The largest absolute Gasteiger partial charge is 0.371 e. The van der Waals surface area contributed by atoms with Crippen LogP contribution in [-0.4, -0.2) is 70.3 Å². The molecule has 27 heavy (non-hydrogen) atoms. The minimum atomic E-state index is -3.53. The van der Waals surface area contributed by atoms with E-state index >= 15 is 0 Å². The molecule has 2 bridgehead atoms. The lowest BCUT2D eigenvalue weighted by Crippen LogP contribution is -2.61. The topological polar surface area (TPSA) is 104 Å². The zero-order valence-electron chi connectivity index (χ0n) is 14.9. The van der Waals surface area contributed by atoms with Crippen LogP contribution in [0.15, 0.2) is 35.7 Å². The maximum Gasteiger partial charge on any atom is 0.246 e. The van der Waals surface area contributed by atoms with Crippen molar-refractivity contribution in [2.75, 3.05) is 24.6 Å². The summed E-state index contributed by atoms with van der Waals surface area (Å²) in [7, 11) is -3.53. The molecule has 2 aromatic heterocycles. The third-order valence-electron chi connectivity index (χ3n) is 5.90. The summed E-state index contributed by atoms with van der Waals surface area (Å²) in [6.45, 7) is 2.05. The standard InChI is InChI=1S/C17H22N6O3S/c24-27(25,15-10-20-21-11-15)23-13-2-3-14(23)9-17(8-13)12-22(6-7-26-17)16-18-4-1-5-19-16/h1,4-5,10-11,13-14H,2-3,6-9,12H2,(H,20,21)/t13-,14+,17?. The number of aromatic amines is 1. The molecule has 3 aliphatic rings. The molecule has 3 saturated heterocycles. The number of morpholine rings is 1. The van der Waals surface area contributed by atoms with Crippen molar-refractivity contribution >= 4 is 16.0 Å². The number of nitrogens with zero attached hydrogens (tertiary/aromatic N) is 5. The van der Waals surface area contributed by atoms with E-state index in [0.717, 1.165) is 19.4 Å². The lowest BCUT2D eigenvalue weighted by molar-refractivity contribution is -0.0975. The van der Waals surface area contributed by atoms with E-state index in [2.05, 4.69) is 25.1 Å². The van der Waals surface area contributed by atoms with Crippen LogP contribution in [0.4, 0.5) is 5.95 Å². The van der Waals surface area contributed by atoms with Crippen LogP contribution < -0.4 is 4.90 Å². The Labute approximate surface area is 157 Å². The zero-order valence-corrected chi connectivity index (χ0v) is 15.7. The minimum absolute atomic E-state index is 0.0414. The van der Waals surface area contributed by atoms with Crippen LogP contribution in [-0.2, 0) is 14.8 Å². The summed E-state index contributed by atoms with van der Waals surface area (Å²) in [5.74, 6) is 0.709. The molecule has 3 fully saturated rings. The Balaban J connectivity index is 1.40. The number of sulfonamides is 1. The Morgan fingerprint density at radius 1 is 1.19 bits per heavy atom. The van der Waals surface area contributed by atoms with Crippen LogP contribution >= 0.6 is 0 Å². The molecule has 1 N–H and O–H groups in total. The van der Waals surface area contributed by atoms with Gasteiger partial charge in [-0.25, -0.2) is 18.4 Å². The van der Waals surface area contributed by atoms with Crippen molar-refractivity contribution in [1.82, 2.24) is 24.5 Å². The molecule has 1 unspecified atom stereocenters. The van der Waals surface area contributed by atoms with Crippen molar-refractivity contribution in [2.24, 2.45) is 0 Å². The minimum Gasteiger partial charge on any atom is -0.371 e. The van der Waals surface area contributed by atoms with E-state index in [9.17, 15) is 8.42 Å². The summed E-state index contributed by atoms with van der Waals surface area (Å²) in [5, 5.41) is 6.41. The predicted octanol–water partition coefficient (Wildman–Crippen LogP) is 0.791. The number of anilines is 1. The normalized spacial score (nSPS) is 31.5. The molecule has 0 saturated carbocycles. The molecule has 3 atom stereocenters. The average Bonchev–Trinajstić information content (AvgIpc) is 3.31. The maximum absolute atomic E-state index is 13.1. The van der Waals surface area contributed by atoms with Gasteiger partial charge in [-0.3, -0.25) is 5.10 Å². The van der Waals surface area contributed by atoms with E-state index in [1.165, 1.54) is 12.4 Å². The molecule has 9 nitrogen and oxygen atoms in total. The highest BCUT2D eigenvalue weighted by molar-refractivity contribution is 7.89. The number of rotatable bonds is 3. The van der Waals surface area contributed by atoms with Gasteiger partial charge in [0, 0.05) is 37.2 Å². The van der Waals surface area contributed by atoms with Gasteiger partial charge in [0.2, 0.25) is 16.0 Å². The summed E-state index contributed by atoms with van der Waals surface area (Å²) in [5.41, 5.74) is -0.342. The van der Waals surface area contributed by atoms with Crippen molar-refractivity contribution in [3.05, 3.63) is 30.9 Å². The molecular weight excluding hydrogens is 368 g/mol. The summed E-state index contributed by atoms with van der Waals surface area (Å²) in [6, 6.07) is 1.72. The number of fused-ring (bicyclic) bond motifs is 2. The van der Waals surface area contributed by atoms with Crippen LogP contribution in [0.1, 0.15) is 25.7 Å². The van der Waals surface area contributed by atoms with Crippen molar-refractivity contribution in [3.8, 4) is 0 Å². The van der Waals surface area contributed by atoms with Gasteiger partial charge in [0.1, 0.15) is 4.90 Å². The number of hydrogen-bond donors (Lipinski definition) is 1. The van der Waals surface area contributed by atoms with E-state index in [4.69, 9.17) is 4.74 Å². The quantitative estimate of drug-likeness (QED) is 0.826. The van der Waals surface area contributed by atoms with Gasteiger partial charge in [-0.1, -0.05) is 0 Å². The van der Waals surface area contributed by atoms with Crippen LogP contribution in [0, 0.1) is 0 Å². The fourth-order valence-corrected chi connectivity index (χ4v) is 6.65. The van der Waals surface area contributed by atoms with E-state index < -0.39 is 10.0 Å². The third kappa shape index (κ3) is 2.82. The molecule has 10 heteroatoms. The van der Waals surface area contributed by atoms with Crippen LogP contribution in [0.2, 0.25) is 0 Å². The Morgan fingerprint density at radius 2 is 1.93 bits per heavy atom. The van der Waals surface area contributed by atoms with Gasteiger partial charge in [0.15, 0.2) is 0 Å². The van der Waals surface area contributed by atoms with Gasteiger partial charge in [-0.05, 0) is 31.7 Å². The van der Waals surface area contributed by atoms with Crippen LogP contribution in [0.3, 0.4) is 0 Å². The van der Waals surface area contributed by atoms with Gasteiger partial charge in [0.05, 0.1) is 24.9 Å². The first-order valence-electron chi connectivity index (χ1n) is 9.26. The molecule has 0 amide bonds. The van der Waals surface area contributed by atoms with E-state index in [0.29, 0.717) is 31.9 Å². The van der Waals surface area contributed by atoms with E-state index in [1.807, 2.05) is 0 Å². The van der Waals surface area contributed by atoms with E-state index in [-0.39, 0.29) is 22.6 Å². The van der Waals surface area contributed by atoms with Gasteiger partial charge in [-0.2, -0.15) is 9.40 Å². The van der Waals surface area contributed by atoms with Gasteiger partial charge < -0.3 is 9.64 Å². The van der Waals surface area contributed by atoms with Crippen molar-refractivity contribution < 1.29 is 13.2 Å². The molecule has 3 aliphatic heterocycles. The molecule has 0 aromatic carbocycles. The summed E-state index contributed by atoms with van der Waals surface area (Å²) < 4.78 is 34.1. The molecule has 144 valence electrons. The Bertz CT molecular complexity index is 890. The van der Waals surface area contributed by atoms with Crippen molar-refractivity contribution in [3.63, 3.8) is 0 Å². The van der Waals surface area contributed by atoms with Crippen molar-refractivity contribution in [1.29, 1.82) is 0 Å². The summed E-state index contributed by atoms with van der Waals surface area (Å²) >= 11 is 0. The Morgan fingerprint density at radius 3 is 2.59 bits per heavy atom. The molecule has 2 aromatic rings. The highest BCUT2D eigenvalue weighted by atomic mass is 32.2. The SMILES string of the molecule is O=S(=O)(c1cn[nH]c1)N1[C@@H]2CC[C@H]1CC1(C2)CN(c2ncccn2)CCO1. The number of H-pyrrole nitrogens is 1. The number of piperidine rings is 1. The Kier molecular flexibility index (Phi) is 3.95. The van der Waals surface area contributed by atoms with Crippen LogP contribution in [0.25, 0.3) is 0 Å². The fourth-order valence-electron chi connectivity index (χ4n) is 4.88. The first kappa shape index (κ1) is 17.1. The maximum atomic E-state index is 13.1. The summed E-state index contributed by atoms with van der Waals surface area (Å²) in [6.07, 6.45) is 9.45. The smallest absolute Gasteiger partial charge is 0.246 e. The number of aromatic nitrogens is 4. The molecule has 0 aliphatic carbocycles. The number of nitrogens with one attached hydrogen (secondary N) is 1. The lowest BCUT2D eigenvalue weighted by Gasteiger charge is -2.49. The average molecular weight is 390 g/mol. The van der Waals surface area contributed by atoms with Gasteiger partial charge in [-0.15, -0.1) is 0 Å². The lowest BCUT2D eigenvalue weighted by atomic mass is 9.86. The molecule has 0 radical (unpaired) electrons. The number of hydrogen-bond acceptors (Lipinski definition) is 7. The molecule has 5 heterocycles. The second-order valence-corrected chi connectivity index (χ2v) is 9.41. The predicted molar refractivity (Wildman–Crippen MR) is 96.6 cm³/mol. The van der Waals surface area contributed by atoms with Crippen LogP contribution in [0.5, 0.6) is 0 Å². The molecular formula is C17H22N6O3S. The van der Waals surface area contributed by atoms with Gasteiger partial charge >= 0.3 is 0 Å². The highest BCUT2D eigenvalue weighted by Crippen LogP contribution is 2.46. The monoisotopic (exact) mass is 390 g/mol. The number of ether oxygens (including phenoxy) is 1. The fraction of sp³-hybridized carbons (Fsp3) is 0.588.